The average molecular weight is 375 g/mol. The number of carbonyl (C=O) groups is 1. The predicted molar refractivity (Wildman–Crippen MR) is 111 cm³/mol. The Balaban J connectivity index is 2.96. The molecule has 0 aliphatic heterocycles. The molecule has 0 spiro atoms. The van der Waals surface area contributed by atoms with Gasteiger partial charge in [0.2, 0.25) is 0 Å². The summed E-state index contributed by atoms with van der Waals surface area (Å²) in [5.41, 5.74) is 2.07. The molecule has 152 valence electrons. The minimum Gasteiger partial charge on any atom is -0.461 e. The molecule has 1 N–H and O–H groups in total. The summed E-state index contributed by atoms with van der Waals surface area (Å²) in [6.45, 7) is 13.3. The van der Waals surface area contributed by atoms with E-state index in [0.717, 1.165) is 49.8 Å². The first-order chi connectivity index (χ1) is 12.8. The molecule has 0 saturated carbocycles. The number of hydrogen-bond acceptors (Lipinski definition) is 4. The van der Waals surface area contributed by atoms with Gasteiger partial charge in [-0.1, -0.05) is 53.9 Å². The third kappa shape index (κ3) is 7.79. The van der Waals surface area contributed by atoms with E-state index in [4.69, 9.17) is 4.74 Å². The molecule has 1 rings (SSSR count). The number of allylic oxidation sites excluding steroid dienone is 3. The molecule has 0 amide bonds. The summed E-state index contributed by atoms with van der Waals surface area (Å²) in [6.07, 6.45) is 8.99. The average Bonchev–Trinajstić information content (AvgIpc) is 2.61. The number of nitrogens with zero attached hydrogens (tertiary/aromatic N) is 1. The molecule has 0 radical (unpaired) electrons. The molecule has 0 aromatic rings. The summed E-state index contributed by atoms with van der Waals surface area (Å²) < 4.78 is 5.54. The van der Waals surface area contributed by atoms with E-state index in [2.05, 4.69) is 52.9 Å². The summed E-state index contributed by atoms with van der Waals surface area (Å²) in [6, 6.07) is 2.48. The topological polar surface area (TPSA) is 62.1 Å². The number of esters is 1. The highest BCUT2D eigenvalue weighted by Crippen LogP contribution is 2.38. The molecule has 0 saturated heterocycles. The standard InChI is InChI=1S/C23H38N2O2/c1-7-10-11-18(9-3)16-27-22(26)21(15-24)19-12-20(25-17(4)8-2)14-23(5,6)13-19/h12,17-18,25H,7-11,13-14,16H2,1-6H3/b21-19-. The summed E-state index contributed by atoms with van der Waals surface area (Å²) >= 11 is 0. The number of rotatable bonds is 10. The van der Waals surface area contributed by atoms with Crippen LogP contribution in [0.4, 0.5) is 0 Å². The zero-order chi connectivity index (χ0) is 20.4. The van der Waals surface area contributed by atoms with E-state index in [1.807, 2.05) is 6.08 Å². The van der Waals surface area contributed by atoms with Gasteiger partial charge in [-0.15, -0.1) is 0 Å². The Morgan fingerprint density at radius 3 is 2.56 bits per heavy atom. The number of unbranched alkanes of at least 4 members (excludes halogenated alkanes) is 1. The Bertz CT molecular complexity index is 596. The molecule has 27 heavy (non-hydrogen) atoms. The van der Waals surface area contributed by atoms with Crippen molar-refractivity contribution in [3.8, 4) is 6.07 Å². The van der Waals surface area contributed by atoms with Crippen LogP contribution in [0.25, 0.3) is 0 Å². The monoisotopic (exact) mass is 374 g/mol. The van der Waals surface area contributed by atoms with Gasteiger partial charge in [-0.2, -0.15) is 5.26 Å². The fourth-order valence-electron chi connectivity index (χ4n) is 3.49. The SMILES string of the molecule is CCCCC(CC)COC(=O)/C(C#N)=C1/C=C(NC(C)CC)CC(C)(C)C1. The lowest BCUT2D eigenvalue weighted by Crippen LogP contribution is -2.31. The van der Waals surface area contributed by atoms with Gasteiger partial charge >= 0.3 is 5.97 Å². The molecule has 1 aliphatic carbocycles. The number of carbonyl (C=O) groups excluding carboxylic acids is 1. The van der Waals surface area contributed by atoms with Crippen molar-refractivity contribution >= 4 is 5.97 Å². The highest BCUT2D eigenvalue weighted by molar-refractivity contribution is 5.94. The van der Waals surface area contributed by atoms with E-state index >= 15 is 0 Å². The molecule has 0 bridgehead atoms. The summed E-state index contributed by atoms with van der Waals surface area (Å²) in [4.78, 5) is 12.6. The van der Waals surface area contributed by atoms with Crippen molar-refractivity contribution in [2.75, 3.05) is 6.61 Å². The van der Waals surface area contributed by atoms with E-state index in [0.29, 0.717) is 25.0 Å². The lowest BCUT2D eigenvalue weighted by atomic mass is 9.76. The van der Waals surface area contributed by atoms with Crippen LogP contribution in [0.2, 0.25) is 0 Å². The maximum Gasteiger partial charge on any atom is 0.349 e. The smallest absolute Gasteiger partial charge is 0.349 e. The summed E-state index contributed by atoms with van der Waals surface area (Å²) in [5, 5.41) is 13.2. The van der Waals surface area contributed by atoms with Crippen LogP contribution in [0, 0.1) is 22.7 Å². The first-order valence-corrected chi connectivity index (χ1v) is 10.5. The molecule has 0 aromatic carbocycles. The van der Waals surface area contributed by atoms with E-state index in [9.17, 15) is 10.1 Å². The van der Waals surface area contributed by atoms with Gasteiger partial charge in [0.05, 0.1) is 6.61 Å². The van der Waals surface area contributed by atoms with Crippen LogP contribution in [-0.2, 0) is 9.53 Å². The molecule has 2 unspecified atom stereocenters. The summed E-state index contributed by atoms with van der Waals surface area (Å²) in [5.74, 6) is -0.0981. The highest BCUT2D eigenvalue weighted by Gasteiger charge is 2.29. The minimum absolute atomic E-state index is 0.00926. The molecule has 4 nitrogen and oxygen atoms in total. The van der Waals surface area contributed by atoms with Crippen molar-refractivity contribution in [2.45, 2.75) is 92.5 Å². The van der Waals surface area contributed by atoms with Crippen LogP contribution in [-0.4, -0.2) is 18.6 Å². The van der Waals surface area contributed by atoms with Crippen molar-refractivity contribution in [2.24, 2.45) is 11.3 Å². The van der Waals surface area contributed by atoms with Crippen LogP contribution in [0.5, 0.6) is 0 Å². The number of nitriles is 1. The zero-order valence-corrected chi connectivity index (χ0v) is 18.2. The van der Waals surface area contributed by atoms with E-state index in [1.165, 1.54) is 0 Å². The maximum absolute atomic E-state index is 12.6. The van der Waals surface area contributed by atoms with Gasteiger partial charge in [0, 0.05) is 11.7 Å². The third-order valence-electron chi connectivity index (χ3n) is 5.36. The normalized spacial score (nSPS) is 20.1. The Labute approximate surface area is 166 Å². The molecular formula is C23H38N2O2. The number of nitrogens with one attached hydrogen (secondary N) is 1. The summed E-state index contributed by atoms with van der Waals surface area (Å²) in [7, 11) is 0. The second-order valence-corrected chi connectivity index (χ2v) is 8.67. The van der Waals surface area contributed by atoms with Crippen molar-refractivity contribution in [3.05, 3.63) is 22.9 Å². The van der Waals surface area contributed by atoms with Crippen molar-refractivity contribution in [3.63, 3.8) is 0 Å². The fraction of sp³-hybridized carbons (Fsp3) is 0.739. The molecule has 0 heterocycles. The molecular weight excluding hydrogens is 336 g/mol. The second-order valence-electron chi connectivity index (χ2n) is 8.67. The largest absolute Gasteiger partial charge is 0.461 e. The van der Waals surface area contributed by atoms with Crippen molar-refractivity contribution in [1.29, 1.82) is 5.26 Å². The van der Waals surface area contributed by atoms with Gasteiger partial charge < -0.3 is 10.1 Å². The lowest BCUT2D eigenvalue weighted by molar-refractivity contribution is -0.140. The number of ether oxygens (including phenoxy) is 1. The van der Waals surface area contributed by atoms with Gasteiger partial charge in [-0.05, 0) is 55.6 Å². The Hall–Kier alpha value is -1.76. The zero-order valence-electron chi connectivity index (χ0n) is 18.2. The van der Waals surface area contributed by atoms with Gasteiger partial charge in [-0.25, -0.2) is 4.79 Å². The first kappa shape index (κ1) is 23.3. The Morgan fingerprint density at radius 2 is 2.00 bits per heavy atom. The molecule has 4 heteroatoms. The van der Waals surface area contributed by atoms with Crippen LogP contribution < -0.4 is 5.32 Å². The van der Waals surface area contributed by atoms with Crippen LogP contribution >= 0.6 is 0 Å². The van der Waals surface area contributed by atoms with E-state index in [-0.39, 0.29) is 11.0 Å². The van der Waals surface area contributed by atoms with Crippen LogP contribution in [0.1, 0.15) is 86.5 Å². The van der Waals surface area contributed by atoms with Gasteiger partial charge in [-0.3, -0.25) is 0 Å². The van der Waals surface area contributed by atoms with Crippen LogP contribution in [0.3, 0.4) is 0 Å². The quantitative estimate of drug-likeness (QED) is 0.304. The predicted octanol–water partition coefficient (Wildman–Crippen LogP) is 5.66. The van der Waals surface area contributed by atoms with Gasteiger partial charge in [0.15, 0.2) is 0 Å². The lowest BCUT2D eigenvalue weighted by Gasteiger charge is -2.33. The third-order valence-corrected chi connectivity index (χ3v) is 5.36. The van der Waals surface area contributed by atoms with Gasteiger partial charge in [0.1, 0.15) is 11.6 Å². The maximum atomic E-state index is 12.6. The fourth-order valence-corrected chi connectivity index (χ4v) is 3.49. The van der Waals surface area contributed by atoms with E-state index in [1.54, 1.807) is 0 Å². The molecule has 0 fully saturated rings. The first-order valence-electron chi connectivity index (χ1n) is 10.5. The second kappa shape index (κ2) is 11.2. The molecule has 2 atom stereocenters. The van der Waals surface area contributed by atoms with Crippen LogP contribution in [0.15, 0.2) is 22.9 Å². The highest BCUT2D eigenvalue weighted by atomic mass is 16.5. The van der Waals surface area contributed by atoms with Crippen molar-refractivity contribution in [1.82, 2.24) is 5.32 Å². The van der Waals surface area contributed by atoms with Crippen molar-refractivity contribution < 1.29 is 9.53 Å². The Kier molecular flexibility index (Phi) is 9.63. The van der Waals surface area contributed by atoms with E-state index < -0.39 is 5.97 Å². The number of hydrogen-bond donors (Lipinski definition) is 1. The molecule has 1 aliphatic rings. The Morgan fingerprint density at radius 1 is 1.30 bits per heavy atom. The molecule has 0 aromatic heterocycles. The van der Waals surface area contributed by atoms with Gasteiger partial charge in [0.25, 0.3) is 0 Å². The minimum atomic E-state index is -0.473.